The first kappa shape index (κ1) is 18.2. The Morgan fingerprint density at radius 1 is 1.11 bits per heavy atom. The summed E-state index contributed by atoms with van der Waals surface area (Å²) >= 11 is 0. The highest BCUT2D eigenvalue weighted by atomic mass is 16.2. The number of aryl methyl sites for hydroxylation is 4. The van der Waals surface area contributed by atoms with Crippen molar-refractivity contribution in [3.8, 4) is 5.95 Å². The van der Waals surface area contributed by atoms with Crippen LogP contribution in [0.15, 0.2) is 41.2 Å². The number of amides is 1. The van der Waals surface area contributed by atoms with Crippen molar-refractivity contribution in [1.29, 1.82) is 0 Å². The molecule has 3 aromatic rings. The molecule has 3 heterocycles. The molecule has 4 rings (SSSR count). The number of hydrogen-bond donors (Lipinski definition) is 0. The van der Waals surface area contributed by atoms with Gasteiger partial charge in [-0.1, -0.05) is 18.2 Å². The molecular formula is C21H23N5O2. The van der Waals surface area contributed by atoms with Crippen LogP contribution in [-0.4, -0.2) is 31.8 Å². The molecule has 28 heavy (non-hydrogen) atoms. The number of fused-ring (bicyclic) bond motifs is 1. The molecule has 144 valence electrons. The number of aromatic nitrogens is 4. The summed E-state index contributed by atoms with van der Waals surface area (Å²) in [7, 11) is 0. The maximum Gasteiger partial charge on any atom is 0.255 e. The highest BCUT2D eigenvalue weighted by molar-refractivity contribution is 5.94. The molecule has 0 bridgehead atoms. The van der Waals surface area contributed by atoms with E-state index in [1.165, 1.54) is 10.6 Å². The van der Waals surface area contributed by atoms with Gasteiger partial charge in [-0.15, -0.1) is 0 Å². The summed E-state index contributed by atoms with van der Waals surface area (Å²) in [5, 5.41) is 4.45. The van der Waals surface area contributed by atoms with Crippen LogP contribution in [0.5, 0.6) is 0 Å². The Hall–Kier alpha value is -3.22. The highest BCUT2D eigenvalue weighted by Gasteiger charge is 2.24. The van der Waals surface area contributed by atoms with Crippen LogP contribution in [0.4, 0.5) is 5.69 Å². The standard InChI is InChI=1S/C21H23N5O2/c1-14-12-19(27)25(21(22-14)26-16(3)11-15(2)23-26)13-20(28)24-10-6-8-17-7-4-5-9-18(17)24/h4-5,7,9,11-12H,6,8,10,13H2,1-3H3. The van der Waals surface area contributed by atoms with Gasteiger partial charge in [0.25, 0.3) is 5.56 Å². The molecule has 0 radical (unpaired) electrons. The Labute approximate surface area is 163 Å². The SMILES string of the molecule is Cc1cc(=O)n(CC(=O)N2CCCc3ccccc32)c(-n2nc(C)cc2C)n1. The normalized spacial score (nSPS) is 13.5. The number of benzene rings is 1. The van der Waals surface area contributed by atoms with Gasteiger partial charge in [0.05, 0.1) is 5.69 Å². The van der Waals surface area contributed by atoms with E-state index in [2.05, 4.69) is 16.1 Å². The zero-order valence-electron chi connectivity index (χ0n) is 16.3. The van der Waals surface area contributed by atoms with Gasteiger partial charge in [-0.05, 0) is 51.3 Å². The van der Waals surface area contributed by atoms with Crippen molar-refractivity contribution in [2.45, 2.75) is 40.2 Å². The van der Waals surface area contributed by atoms with Gasteiger partial charge < -0.3 is 4.90 Å². The Kier molecular flexibility index (Phi) is 4.58. The molecule has 0 spiro atoms. The Morgan fingerprint density at radius 2 is 1.89 bits per heavy atom. The average molecular weight is 377 g/mol. The van der Waals surface area contributed by atoms with E-state index in [0.29, 0.717) is 18.2 Å². The summed E-state index contributed by atoms with van der Waals surface area (Å²) in [5.41, 5.74) is 4.12. The van der Waals surface area contributed by atoms with Crippen LogP contribution in [0.3, 0.4) is 0 Å². The second-order valence-corrected chi connectivity index (χ2v) is 7.24. The molecule has 0 unspecified atom stereocenters. The van der Waals surface area contributed by atoms with Crippen LogP contribution in [0.2, 0.25) is 0 Å². The first-order chi connectivity index (χ1) is 13.4. The van der Waals surface area contributed by atoms with Crippen molar-refractivity contribution in [2.24, 2.45) is 0 Å². The quantitative estimate of drug-likeness (QED) is 0.702. The number of nitrogens with zero attached hydrogens (tertiary/aromatic N) is 5. The Balaban J connectivity index is 1.74. The van der Waals surface area contributed by atoms with Crippen LogP contribution in [0.25, 0.3) is 5.95 Å². The smallest absolute Gasteiger partial charge is 0.255 e. The predicted octanol–water partition coefficient (Wildman–Crippen LogP) is 2.33. The van der Waals surface area contributed by atoms with Gasteiger partial charge >= 0.3 is 0 Å². The van der Waals surface area contributed by atoms with Crippen LogP contribution in [-0.2, 0) is 17.8 Å². The van der Waals surface area contributed by atoms with Gasteiger partial charge in [-0.25, -0.2) is 9.67 Å². The van der Waals surface area contributed by atoms with Gasteiger partial charge in [0, 0.05) is 29.7 Å². The van der Waals surface area contributed by atoms with E-state index in [0.717, 1.165) is 35.5 Å². The fourth-order valence-electron chi connectivity index (χ4n) is 3.76. The van der Waals surface area contributed by atoms with Gasteiger partial charge in [-0.2, -0.15) is 5.10 Å². The summed E-state index contributed by atoms with van der Waals surface area (Å²) < 4.78 is 3.03. The topological polar surface area (TPSA) is 73.0 Å². The van der Waals surface area contributed by atoms with E-state index in [1.807, 2.05) is 38.1 Å². The molecule has 0 aliphatic carbocycles. The van der Waals surface area contributed by atoms with Crippen LogP contribution < -0.4 is 10.5 Å². The lowest BCUT2D eigenvalue weighted by Crippen LogP contribution is -2.40. The van der Waals surface area contributed by atoms with Crippen molar-refractivity contribution in [3.05, 3.63) is 69.4 Å². The maximum atomic E-state index is 13.1. The Bertz CT molecular complexity index is 1110. The lowest BCUT2D eigenvalue weighted by atomic mass is 10.0. The minimum atomic E-state index is -0.256. The zero-order chi connectivity index (χ0) is 19.8. The van der Waals surface area contributed by atoms with Crippen molar-refractivity contribution in [3.63, 3.8) is 0 Å². The molecule has 1 aliphatic heterocycles. The molecule has 7 nitrogen and oxygen atoms in total. The first-order valence-electron chi connectivity index (χ1n) is 9.44. The molecule has 0 atom stereocenters. The van der Waals surface area contributed by atoms with E-state index in [4.69, 9.17) is 0 Å². The predicted molar refractivity (Wildman–Crippen MR) is 107 cm³/mol. The van der Waals surface area contributed by atoms with Crippen LogP contribution >= 0.6 is 0 Å². The first-order valence-corrected chi connectivity index (χ1v) is 9.44. The van der Waals surface area contributed by atoms with Crippen LogP contribution in [0, 0.1) is 20.8 Å². The number of rotatable bonds is 3. The molecule has 0 N–H and O–H groups in total. The van der Waals surface area contributed by atoms with Gasteiger partial charge in [0.15, 0.2) is 0 Å². The van der Waals surface area contributed by atoms with Crippen molar-refractivity contribution in [1.82, 2.24) is 19.3 Å². The number of hydrogen-bond acceptors (Lipinski definition) is 4. The second kappa shape index (κ2) is 7.07. The Morgan fingerprint density at radius 3 is 2.64 bits per heavy atom. The molecule has 0 saturated carbocycles. The third kappa shape index (κ3) is 3.24. The maximum absolute atomic E-state index is 13.1. The molecule has 0 saturated heterocycles. The van der Waals surface area contributed by atoms with E-state index in [-0.39, 0.29) is 18.0 Å². The van der Waals surface area contributed by atoms with Crippen molar-refractivity contribution >= 4 is 11.6 Å². The lowest BCUT2D eigenvalue weighted by Gasteiger charge is -2.29. The zero-order valence-corrected chi connectivity index (χ0v) is 16.3. The van der Waals surface area contributed by atoms with Crippen molar-refractivity contribution < 1.29 is 4.79 Å². The highest BCUT2D eigenvalue weighted by Crippen LogP contribution is 2.27. The third-order valence-electron chi connectivity index (χ3n) is 5.02. The van der Waals surface area contributed by atoms with Gasteiger partial charge in [0.1, 0.15) is 6.54 Å². The van der Waals surface area contributed by atoms with Gasteiger partial charge in [-0.3, -0.25) is 14.2 Å². The second-order valence-electron chi connectivity index (χ2n) is 7.24. The summed E-state index contributed by atoms with van der Waals surface area (Å²) in [4.78, 5) is 32.2. The van der Waals surface area contributed by atoms with Gasteiger partial charge in [0.2, 0.25) is 11.9 Å². The molecular weight excluding hydrogens is 354 g/mol. The minimum absolute atomic E-state index is 0.0753. The summed E-state index contributed by atoms with van der Waals surface area (Å²) in [6.07, 6.45) is 1.87. The van der Waals surface area contributed by atoms with E-state index in [9.17, 15) is 9.59 Å². The number of carbonyl (C=O) groups excluding carboxylic acids is 1. The average Bonchev–Trinajstić information content (AvgIpc) is 3.01. The fraction of sp³-hybridized carbons (Fsp3) is 0.333. The number of anilines is 1. The fourth-order valence-corrected chi connectivity index (χ4v) is 3.76. The van der Waals surface area contributed by atoms with E-state index in [1.54, 1.807) is 16.5 Å². The summed E-state index contributed by atoms with van der Waals surface area (Å²) in [6, 6.07) is 11.3. The van der Waals surface area contributed by atoms with Crippen molar-refractivity contribution in [2.75, 3.05) is 11.4 Å². The van der Waals surface area contributed by atoms with E-state index < -0.39 is 0 Å². The molecule has 1 aromatic carbocycles. The van der Waals surface area contributed by atoms with Crippen LogP contribution in [0.1, 0.15) is 29.1 Å². The minimum Gasteiger partial charge on any atom is -0.311 e. The lowest BCUT2D eigenvalue weighted by molar-refractivity contribution is -0.119. The summed E-state index contributed by atoms with van der Waals surface area (Å²) in [6.45, 7) is 6.13. The number of para-hydroxylation sites is 1. The summed E-state index contributed by atoms with van der Waals surface area (Å²) in [5.74, 6) is 0.247. The number of carbonyl (C=O) groups is 1. The molecule has 1 amide bonds. The molecule has 2 aromatic heterocycles. The third-order valence-corrected chi connectivity index (χ3v) is 5.02. The largest absolute Gasteiger partial charge is 0.311 e. The van der Waals surface area contributed by atoms with E-state index >= 15 is 0 Å². The molecule has 7 heteroatoms. The molecule has 1 aliphatic rings. The monoisotopic (exact) mass is 377 g/mol. The molecule has 0 fully saturated rings.